The van der Waals surface area contributed by atoms with Crippen LogP contribution in [0.15, 0.2) is 24.3 Å². The average Bonchev–Trinajstić information content (AvgIpc) is 2.41. The molecule has 0 atom stereocenters. The van der Waals surface area contributed by atoms with Crippen LogP contribution >= 0.6 is 0 Å². The van der Waals surface area contributed by atoms with Gasteiger partial charge in [-0.25, -0.2) is 0 Å². The first-order valence-electron chi connectivity index (χ1n) is 6.35. The van der Waals surface area contributed by atoms with Crippen molar-refractivity contribution in [2.45, 2.75) is 32.6 Å². The third-order valence-corrected chi connectivity index (χ3v) is 3.66. The smallest absolute Gasteiger partial charge is 0.0695 e. The second-order valence-corrected chi connectivity index (χ2v) is 4.85. The predicted molar refractivity (Wildman–Crippen MR) is 67.6 cm³/mol. The molecule has 1 fully saturated rings. The number of nitrogens with zero attached hydrogens (tertiary/aromatic N) is 1. The van der Waals surface area contributed by atoms with E-state index in [4.69, 9.17) is 4.74 Å². The van der Waals surface area contributed by atoms with Gasteiger partial charge in [0, 0.05) is 13.2 Å². The summed E-state index contributed by atoms with van der Waals surface area (Å²) in [6.07, 6.45) is 3.65. The van der Waals surface area contributed by atoms with Gasteiger partial charge < -0.3 is 4.74 Å². The fourth-order valence-electron chi connectivity index (χ4n) is 2.37. The molecule has 1 aromatic rings. The summed E-state index contributed by atoms with van der Waals surface area (Å²) in [5, 5.41) is 9.40. The van der Waals surface area contributed by atoms with Gasteiger partial charge in [0.1, 0.15) is 0 Å². The number of aryl methyl sites for hydroxylation is 1. The highest BCUT2D eigenvalue weighted by atomic mass is 16.5. The molecular formula is C15H19NO. The molecule has 0 saturated carbocycles. The maximum atomic E-state index is 9.40. The third-order valence-electron chi connectivity index (χ3n) is 3.66. The lowest BCUT2D eigenvalue weighted by Crippen LogP contribution is -2.30. The SMILES string of the molecule is CCc1ccc(CC2(C#N)CCOCC2)cc1. The fraction of sp³-hybridized carbons (Fsp3) is 0.533. The van der Waals surface area contributed by atoms with Crippen molar-refractivity contribution < 1.29 is 4.74 Å². The summed E-state index contributed by atoms with van der Waals surface area (Å²) in [5.74, 6) is 0. The summed E-state index contributed by atoms with van der Waals surface area (Å²) in [6, 6.07) is 11.2. The minimum Gasteiger partial charge on any atom is -0.381 e. The lowest BCUT2D eigenvalue weighted by molar-refractivity contribution is 0.0406. The van der Waals surface area contributed by atoms with Crippen molar-refractivity contribution in [1.29, 1.82) is 5.26 Å². The van der Waals surface area contributed by atoms with Crippen LogP contribution in [0.25, 0.3) is 0 Å². The Balaban J connectivity index is 2.10. The molecule has 0 amide bonds. The normalized spacial score (nSPS) is 18.6. The molecule has 0 unspecified atom stereocenters. The van der Waals surface area contributed by atoms with Crippen LogP contribution < -0.4 is 0 Å². The lowest BCUT2D eigenvalue weighted by Gasteiger charge is -2.30. The molecular weight excluding hydrogens is 210 g/mol. The molecule has 1 aromatic carbocycles. The molecule has 0 N–H and O–H groups in total. The van der Waals surface area contributed by atoms with Crippen molar-refractivity contribution in [1.82, 2.24) is 0 Å². The third kappa shape index (κ3) is 2.87. The second kappa shape index (κ2) is 5.33. The van der Waals surface area contributed by atoms with Crippen molar-refractivity contribution in [3.63, 3.8) is 0 Å². The summed E-state index contributed by atoms with van der Waals surface area (Å²) >= 11 is 0. The van der Waals surface area contributed by atoms with E-state index in [9.17, 15) is 5.26 Å². The predicted octanol–water partition coefficient (Wildman–Crippen LogP) is 3.11. The molecule has 1 aliphatic heterocycles. The van der Waals surface area contributed by atoms with Crippen LogP contribution in [-0.2, 0) is 17.6 Å². The first-order chi connectivity index (χ1) is 8.28. The number of hydrogen-bond acceptors (Lipinski definition) is 2. The van der Waals surface area contributed by atoms with Gasteiger partial charge in [-0.15, -0.1) is 0 Å². The highest BCUT2D eigenvalue weighted by Gasteiger charge is 2.32. The van der Waals surface area contributed by atoms with Gasteiger partial charge in [-0.3, -0.25) is 0 Å². The molecule has 0 aliphatic carbocycles. The van der Waals surface area contributed by atoms with Gasteiger partial charge in [-0.05, 0) is 36.8 Å². The molecule has 0 aromatic heterocycles. The van der Waals surface area contributed by atoms with Crippen molar-refractivity contribution in [2.75, 3.05) is 13.2 Å². The molecule has 0 spiro atoms. The minimum atomic E-state index is -0.202. The Morgan fingerprint density at radius 1 is 1.18 bits per heavy atom. The van der Waals surface area contributed by atoms with Crippen molar-refractivity contribution in [2.24, 2.45) is 5.41 Å². The number of ether oxygens (including phenoxy) is 1. The monoisotopic (exact) mass is 229 g/mol. The molecule has 90 valence electrons. The van der Waals surface area contributed by atoms with Crippen molar-refractivity contribution in [3.8, 4) is 6.07 Å². The molecule has 2 rings (SSSR count). The van der Waals surface area contributed by atoms with E-state index in [0.717, 1.165) is 38.9 Å². The number of benzene rings is 1. The van der Waals surface area contributed by atoms with Gasteiger partial charge in [0.2, 0.25) is 0 Å². The maximum Gasteiger partial charge on any atom is 0.0695 e. The Hall–Kier alpha value is -1.33. The molecule has 2 heteroatoms. The van der Waals surface area contributed by atoms with E-state index in [-0.39, 0.29) is 5.41 Å². The second-order valence-electron chi connectivity index (χ2n) is 4.85. The Morgan fingerprint density at radius 3 is 2.29 bits per heavy atom. The summed E-state index contributed by atoms with van der Waals surface area (Å²) in [6.45, 7) is 3.60. The topological polar surface area (TPSA) is 33.0 Å². The molecule has 1 aliphatic rings. The van der Waals surface area contributed by atoms with E-state index in [1.54, 1.807) is 0 Å². The Labute approximate surface area is 103 Å². The molecule has 0 radical (unpaired) electrons. The zero-order chi connectivity index (χ0) is 12.1. The van der Waals surface area contributed by atoms with Crippen LogP contribution in [0.1, 0.15) is 30.9 Å². The number of rotatable bonds is 3. The molecule has 2 nitrogen and oxygen atoms in total. The quantitative estimate of drug-likeness (QED) is 0.797. The van der Waals surface area contributed by atoms with Gasteiger partial charge in [-0.1, -0.05) is 31.2 Å². The fourth-order valence-corrected chi connectivity index (χ4v) is 2.37. The maximum absolute atomic E-state index is 9.40. The zero-order valence-corrected chi connectivity index (χ0v) is 10.4. The molecule has 17 heavy (non-hydrogen) atoms. The standard InChI is InChI=1S/C15H19NO/c1-2-13-3-5-14(6-4-13)11-15(12-16)7-9-17-10-8-15/h3-6H,2,7-11H2,1H3. The van der Waals surface area contributed by atoms with E-state index >= 15 is 0 Å². The number of nitriles is 1. The van der Waals surface area contributed by atoms with E-state index in [2.05, 4.69) is 37.3 Å². The van der Waals surface area contributed by atoms with Crippen LogP contribution in [0.3, 0.4) is 0 Å². The number of hydrogen-bond donors (Lipinski definition) is 0. The van der Waals surface area contributed by atoms with Gasteiger partial charge in [-0.2, -0.15) is 5.26 Å². The Bertz CT molecular complexity index is 396. The summed E-state index contributed by atoms with van der Waals surface area (Å²) < 4.78 is 5.35. The van der Waals surface area contributed by atoms with Gasteiger partial charge in [0.15, 0.2) is 0 Å². The highest BCUT2D eigenvalue weighted by Crippen LogP contribution is 2.33. The zero-order valence-electron chi connectivity index (χ0n) is 10.4. The van der Waals surface area contributed by atoms with E-state index < -0.39 is 0 Å². The molecule has 1 heterocycles. The summed E-state index contributed by atoms with van der Waals surface area (Å²) in [7, 11) is 0. The van der Waals surface area contributed by atoms with Gasteiger partial charge >= 0.3 is 0 Å². The van der Waals surface area contributed by atoms with Gasteiger partial charge in [0.25, 0.3) is 0 Å². The van der Waals surface area contributed by atoms with Crippen LogP contribution in [0, 0.1) is 16.7 Å². The van der Waals surface area contributed by atoms with E-state index in [1.807, 2.05) is 0 Å². The first kappa shape index (κ1) is 12.1. The first-order valence-corrected chi connectivity index (χ1v) is 6.35. The van der Waals surface area contributed by atoms with Crippen molar-refractivity contribution in [3.05, 3.63) is 35.4 Å². The highest BCUT2D eigenvalue weighted by molar-refractivity contribution is 5.25. The van der Waals surface area contributed by atoms with E-state index in [1.165, 1.54) is 11.1 Å². The van der Waals surface area contributed by atoms with Crippen LogP contribution in [0.5, 0.6) is 0 Å². The Morgan fingerprint density at radius 2 is 1.76 bits per heavy atom. The summed E-state index contributed by atoms with van der Waals surface area (Å²) in [4.78, 5) is 0. The van der Waals surface area contributed by atoms with Crippen LogP contribution in [0.2, 0.25) is 0 Å². The van der Waals surface area contributed by atoms with Crippen LogP contribution in [0.4, 0.5) is 0 Å². The minimum absolute atomic E-state index is 0.202. The molecule has 1 saturated heterocycles. The van der Waals surface area contributed by atoms with Gasteiger partial charge in [0.05, 0.1) is 11.5 Å². The largest absolute Gasteiger partial charge is 0.381 e. The Kier molecular flexibility index (Phi) is 3.81. The average molecular weight is 229 g/mol. The lowest BCUT2D eigenvalue weighted by atomic mass is 9.76. The van der Waals surface area contributed by atoms with Crippen LogP contribution in [-0.4, -0.2) is 13.2 Å². The molecule has 0 bridgehead atoms. The van der Waals surface area contributed by atoms with Crippen molar-refractivity contribution >= 4 is 0 Å². The summed E-state index contributed by atoms with van der Waals surface area (Å²) in [5.41, 5.74) is 2.42. The van der Waals surface area contributed by atoms with E-state index in [0.29, 0.717) is 0 Å².